The lowest BCUT2D eigenvalue weighted by Gasteiger charge is -2.09. The maximum absolute atomic E-state index is 12.7. The highest BCUT2D eigenvalue weighted by Gasteiger charge is 2.29. The standard InChI is InChI=1S/C19H12O2/c20-13-10-16(12-6-2-1-3-7-12)18-17(11-13)14-8-4-5-9-15(14)19(18)21/h1-11,20H. The third-order valence-electron chi connectivity index (χ3n) is 3.90. The van der Waals surface area contributed by atoms with Gasteiger partial charge < -0.3 is 5.11 Å². The van der Waals surface area contributed by atoms with Gasteiger partial charge in [0, 0.05) is 11.1 Å². The molecule has 0 aliphatic heterocycles. The molecule has 3 aromatic rings. The van der Waals surface area contributed by atoms with Crippen molar-refractivity contribution in [3.05, 3.63) is 77.9 Å². The molecule has 1 aliphatic carbocycles. The minimum atomic E-state index is 0.0273. The van der Waals surface area contributed by atoms with Crippen LogP contribution in [0.2, 0.25) is 0 Å². The summed E-state index contributed by atoms with van der Waals surface area (Å²) >= 11 is 0. The lowest BCUT2D eigenvalue weighted by Crippen LogP contribution is -1.98. The van der Waals surface area contributed by atoms with Gasteiger partial charge in [-0.15, -0.1) is 0 Å². The number of rotatable bonds is 1. The van der Waals surface area contributed by atoms with Crippen LogP contribution in [0.4, 0.5) is 0 Å². The summed E-state index contributed by atoms with van der Waals surface area (Å²) in [6.45, 7) is 0. The van der Waals surface area contributed by atoms with Crippen molar-refractivity contribution in [2.24, 2.45) is 0 Å². The lowest BCUT2D eigenvalue weighted by atomic mass is 9.95. The second kappa shape index (κ2) is 4.32. The van der Waals surface area contributed by atoms with E-state index in [1.165, 1.54) is 0 Å². The Bertz CT molecular complexity index is 864. The molecule has 100 valence electrons. The Morgan fingerprint density at radius 3 is 2.05 bits per heavy atom. The van der Waals surface area contributed by atoms with Crippen molar-refractivity contribution in [1.82, 2.24) is 0 Å². The Hall–Kier alpha value is -2.87. The summed E-state index contributed by atoms with van der Waals surface area (Å²) in [5.74, 6) is 0.205. The van der Waals surface area contributed by atoms with E-state index in [9.17, 15) is 9.90 Å². The predicted molar refractivity (Wildman–Crippen MR) is 82.4 cm³/mol. The fraction of sp³-hybridized carbons (Fsp3) is 0. The third kappa shape index (κ3) is 1.69. The van der Waals surface area contributed by atoms with Crippen LogP contribution in [0.1, 0.15) is 15.9 Å². The Labute approximate surface area is 122 Å². The van der Waals surface area contributed by atoms with Gasteiger partial charge in [0.25, 0.3) is 0 Å². The third-order valence-corrected chi connectivity index (χ3v) is 3.90. The molecule has 2 heteroatoms. The van der Waals surface area contributed by atoms with E-state index >= 15 is 0 Å². The normalized spacial score (nSPS) is 12.1. The van der Waals surface area contributed by atoms with Crippen LogP contribution >= 0.6 is 0 Å². The molecule has 0 atom stereocenters. The van der Waals surface area contributed by atoms with Crippen LogP contribution in [-0.2, 0) is 0 Å². The first-order chi connectivity index (χ1) is 10.3. The Kier molecular flexibility index (Phi) is 2.45. The predicted octanol–water partition coefficient (Wildman–Crippen LogP) is 4.27. The second-order valence-corrected chi connectivity index (χ2v) is 5.16. The monoisotopic (exact) mass is 272 g/mol. The molecule has 0 aromatic heterocycles. The second-order valence-electron chi connectivity index (χ2n) is 5.16. The van der Waals surface area contributed by atoms with Crippen molar-refractivity contribution < 1.29 is 9.90 Å². The molecule has 2 nitrogen and oxygen atoms in total. The molecule has 21 heavy (non-hydrogen) atoms. The number of benzene rings is 3. The number of ketones is 1. The van der Waals surface area contributed by atoms with Gasteiger partial charge in [-0.2, -0.15) is 0 Å². The first kappa shape index (κ1) is 11.9. The van der Waals surface area contributed by atoms with Crippen molar-refractivity contribution in [1.29, 1.82) is 0 Å². The van der Waals surface area contributed by atoms with Gasteiger partial charge in [-0.05, 0) is 34.4 Å². The van der Waals surface area contributed by atoms with Crippen molar-refractivity contribution in [2.45, 2.75) is 0 Å². The molecule has 0 radical (unpaired) electrons. The first-order valence-corrected chi connectivity index (χ1v) is 6.82. The van der Waals surface area contributed by atoms with Crippen LogP contribution in [0.15, 0.2) is 66.7 Å². The summed E-state index contributed by atoms with van der Waals surface area (Å²) in [5, 5.41) is 10.0. The number of fused-ring (bicyclic) bond motifs is 3. The molecule has 1 aliphatic rings. The summed E-state index contributed by atoms with van der Waals surface area (Å²) in [6, 6.07) is 20.6. The molecular weight excluding hydrogens is 260 g/mol. The van der Waals surface area contributed by atoms with Gasteiger partial charge in [-0.1, -0.05) is 54.6 Å². The first-order valence-electron chi connectivity index (χ1n) is 6.82. The molecule has 0 amide bonds. The Morgan fingerprint density at radius 1 is 0.667 bits per heavy atom. The molecule has 3 aromatic carbocycles. The Morgan fingerprint density at radius 2 is 1.29 bits per heavy atom. The van der Waals surface area contributed by atoms with Crippen LogP contribution in [0.5, 0.6) is 5.75 Å². The average molecular weight is 272 g/mol. The molecule has 0 spiro atoms. The minimum absolute atomic E-state index is 0.0273. The molecular formula is C19H12O2. The fourth-order valence-corrected chi connectivity index (χ4v) is 2.98. The Balaban J connectivity index is 2.06. The van der Waals surface area contributed by atoms with Gasteiger partial charge in [0.1, 0.15) is 5.75 Å². The van der Waals surface area contributed by atoms with Gasteiger partial charge in [-0.3, -0.25) is 4.79 Å². The van der Waals surface area contributed by atoms with Crippen molar-refractivity contribution in [3.8, 4) is 28.0 Å². The number of aromatic hydroxyl groups is 1. The zero-order chi connectivity index (χ0) is 14.4. The summed E-state index contributed by atoms with van der Waals surface area (Å²) in [5.41, 5.74) is 4.81. The number of carbonyl (C=O) groups is 1. The maximum atomic E-state index is 12.7. The summed E-state index contributed by atoms with van der Waals surface area (Å²) in [6.07, 6.45) is 0. The van der Waals surface area contributed by atoms with Gasteiger partial charge in [-0.25, -0.2) is 0 Å². The van der Waals surface area contributed by atoms with E-state index in [1.54, 1.807) is 12.1 Å². The van der Waals surface area contributed by atoms with Crippen molar-refractivity contribution in [2.75, 3.05) is 0 Å². The summed E-state index contributed by atoms with van der Waals surface area (Å²) < 4.78 is 0. The largest absolute Gasteiger partial charge is 0.508 e. The van der Waals surface area contributed by atoms with Crippen LogP contribution in [-0.4, -0.2) is 10.9 Å². The highest BCUT2D eigenvalue weighted by atomic mass is 16.3. The summed E-state index contributed by atoms with van der Waals surface area (Å²) in [7, 11) is 0. The van der Waals surface area contributed by atoms with E-state index in [1.807, 2.05) is 54.6 Å². The molecule has 1 N–H and O–H groups in total. The molecule has 0 bridgehead atoms. The van der Waals surface area contributed by atoms with Crippen molar-refractivity contribution >= 4 is 5.78 Å². The van der Waals surface area contributed by atoms with E-state index in [2.05, 4.69) is 0 Å². The quantitative estimate of drug-likeness (QED) is 0.562. The van der Waals surface area contributed by atoms with Crippen LogP contribution in [0.25, 0.3) is 22.3 Å². The van der Waals surface area contributed by atoms with E-state index in [0.29, 0.717) is 11.1 Å². The molecule has 0 saturated heterocycles. The van der Waals surface area contributed by atoms with Crippen LogP contribution in [0, 0.1) is 0 Å². The van der Waals surface area contributed by atoms with Crippen LogP contribution < -0.4 is 0 Å². The highest BCUT2D eigenvalue weighted by Crippen LogP contribution is 2.43. The maximum Gasteiger partial charge on any atom is 0.194 e. The van der Waals surface area contributed by atoms with Crippen LogP contribution in [0.3, 0.4) is 0 Å². The number of hydrogen-bond donors (Lipinski definition) is 1. The smallest absolute Gasteiger partial charge is 0.194 e. The molecule has 0 saturated carbocycles. The van der Waals surface area contributed by atoms with Gasteiger partial charge in [0.15, 0.2) is 5.78 Å². The molecule has 4 rings (SSSR count). The number of phenols is 1. The highest BCUT2D eigenvalue weighted by molar-refractivity contribution is 6.24. The molecule has 0 unspecified atom stereocenters. The molecule has 0 heterocycles. The minimum Gasteiger partial charge on any atom is -0.508 e. The van der Waals surface area contributed by atoms with E-state index < -0.39 is 0 Å². The van der Waals surface area contributed by atoms with Crippen molar-refractivity contribution in [3.63, 3.8) is 0 Å². The van der Waals surface area contributed by atoms with E-state index in [-0.39, 0.29) is 11.5 Å². The van der Waals surface area contributed by atoms with Gasteiger partial charge in [0.05, 0.1) is 0 Å². The number of phenolic OH excluding ortho intramolecular Hbond substituents is 1. The van der Waals surface area contributed by atoms with Gasteiger partial charge >= 0.3 is 0 Å². The molecule has 0 fully saturated rings. The van der Waals surface area contributed by atoms with E-state index in [0.717, 1.165) is 22.3 Å². The topological polar surface area (TPSA) is 37.3 Å². The zero-order valence-corrected chi connectivity index (χ0v) is 11.2. The number of carbonyl (C=O) groups excluding carboxylic acids is 1. The zero-order valence-electron chi connectivity index (χ0n) is 11.2. The average Bonchev–Trinajstić information content (AvgIpc) is 2.81. The van der Waals surface area contributed by atoms with Gasteiger partial charge in [0.2, 0.25) is 0 Å². The lowest BCUT2D eigenvalue weighted by molar-refractivity contribution is 0.104. The SMILES string of the molecule is O=C1c2ccccc2-c2cc(O)cc(-c3ccccc3)c21. The van der Waals surface area contributed by atoms with E-state index in [4.69, 9.17) is 0 Å². The number of hydrogen-bond acceptors (Lipinski definition) is 2. The fourth-order valence-electron chi connectivity index (χ4n) is 2.98. The summed E-state index contributed by atoms with van der Waals surface area (Å²) in [4.78, 5) is 12.7.